The molecular formula is C18H19NO7. The third kappa shape index (κ3) is 4.41. The lowest BCUT2D eigenvalue weighted by Gasteiger charge is -2.11. The van der Waals surface area contributed by atoms with Gasteiger partial charge in [-0.1, -0.05) is 0 Å². The number of carbonyl (C=O) groups excluding carboxylic acids is 2. The van der Waals surface area contributed by atoms with Crippen molar-refractivity contribution in [3.63, 3.8) is 0 Å². The lowest BCUT2D eigenvalue weighted by Crippen LogP contribution is -2.22. The zero-order valence-electron chi connectivity index (χ0n) is 14.9. The van der Waals surface area contributed by atoms with Gasteiger partial charge in [0.1, 0.15) is 11.3 Å². The van der Waals surface area contributed by atoms with Gasteiger partial charge in [-0.15, -0.1) is 0 Å². The van der Waals surface area contributed by atoms with Gasteiger partial charge in [0.05, 0.1) is 14.2 Å². The van der Waals surface area contributed by atoms with Crippen molar-refractivity contribution in [2.45, 2.75) is 13.8 Å². The molecule has 26 heavy (non-hydrogen) atoms. The van der Waals surface area contributed by atoms with E-state index < -0.39 is 24.1 Å². The molecule has 8 heteroatoms. The molecule has 0 fully saturated rings. The number of methoxy groups -OCH3 is 2. The Morgan fingerprint density at radius 2 is 1.77 bits per heavy atom. The van der Waals surface area contributed by atoms with Crippen LogP contribution >= 0.6 is 0 Å². The van der Waals surface area contributed by atoms with E-state index in [1.165, 1.54) is 27.2 Å². The summed E-state index contributed by atoms with van der Waals surface area (Å²) in [5.74, 6) is -0.161. The molecule has 0 saturated carbocycles. The van der Waals surface area contributed by atoms with E-state index in [0.29, 0.717) is 22.7 Å². The zero-order valence-corrected chi connectivity index (χ0v) is 14.9. The summed E-state index contributed by atoms with van der Waals surface area (Å²) < 4.78 is 20.1. The van der Waals surface area contributed by atoms with Crippen molar-refractivity contribution in [3.05, 3.63) is 51.6 Å². The fraction of sp³-hybridized carbons (Fsp3) is 0.278. The van der Waals surface area contributed by atoms with Gasteiger partial charge in [-0.3, -0.25) is 4.79 Å². The highest BCUT2D eigenvalue weighted by Crippen LogP contribution is 2.29. The van der Waals surface area contributed by atoms with Crippen LogP contribution in [-0.4, -0.2) is 32.7 Å². The van der Waals surface area contributed by atoms with Crippen LogP contribution in [0.3, 0.4) is 0 Å². The van der Waals surface area contributed by atoms with E-state index in [2.05, 4.69) is 5.32 Å². The molecule has 2 aromatic rings. The van der Waals surface area contributed by atoms with Crippen molar-refractivity contribution in [1.29, 1.82) is 0 Å². The second-order valence-electron chi connectivity index (χ2n) is 5.37. The number of aryl methyl sites for hydroxylation is 2. The number of rotatable bonds is 6. The highest BCUT2D eigenvalue weighted by molar-refractivity contribution is 5.96. The number of hydrogen-bond donors (Lipinski definition) is 1. The van der Waals surface area contributed by atoms with E-state index >= 15 is 0 Å². The van der Waals surface area contributed by atoms with E-state index in [9.17, 15) is 14.4 Å². The molecule has 1 aromatic carbocycles. The van der Waals surface area contributed by atoms with Gasteiger partial charge >= 0.3 is 11.6 Å². The zero-order chi connectivity index (χ0) is 19.3. The van der Waals surface area contributed by atoms with E-state index in [1.54, 1.807) is 25.1 Å². The van der Waals surface area contributed by atoms with Gasteiger partial charge in [-0.25, -0.2) is 9.59 Å². The summed E-state index contributed by atoms with van der Waals surface area (Å²) in [6, 6.07) is 6.03. The Balaban J connectivity index is 2.01. The van der Waals surface area contributed by atoms with E-state index in [1.807, 2.05) is 0 Å². The number of amides is 1. The average molecular weight is 361 g/mol. The topological polar surface area (TPSA) is 104 Å². The maximum absolute atomic E-state index is 12.1. The Morgan fingerprint density at radius 1 is 1.08 bits per heavy atom. The molecule has 0 saturated heterocycles. The third-order valence-corrected chi connectivity index (χ3v) is 3.54. The third-order valence-electron chi connectivity index (χ3n) is 3.54. The highest BCUT2D eigenvalue weighted by Gasteiger charge is 2.18. The largest absolute Gasteiger partial charge is 0.493 e. The van der Waals surface area contributed by atoms with Gasteiger partial charge in [0.25, 0.3) is 5.91 Å². The number of ether oxygens (including phenoxy) is 3. The van der Waals surface area contributed by atoms with Crippen LogP contribution in [0, 0.1) is 13.8 Å². The van der Waals surface area contributed by atoms with Crippen LogP contribution in [0.1, 0.15) is 21.7 Å². The molecule has 0 unspecified atom stereocenters. The van der Waals surface area contributed by atoms with Crippen LogP contribution in [0.2, 0.25) is 0 Å². The first-order valence-corrected chi connectivity index (χ1v) is 7.66. The maximum atomic E-state index is 12.1. The summed E-state index contributed by atoms with van der Waals surface area (Å²) in [6.07, 6.45) is 0. The Kier molecular flexibility index (Phi) is 6.00. The first kappa shape index (κ1) is 19.0. The molecule has 1 aromatic heterocycles. The molecule has 0 aliphatic heterocycles. The molecule has 2 rings (SSSR count). The standard InChI is InChI=1S/C18H19NO7/c1-10-7-16(21)26-11(2)17(10)18(22)25-9-15(20)19-12-5-6-13(23-3)14(8-12)24-4/h5-8H,9H2,1-4H3,(H,19,20). The van der Waals surface area contributed by atoms with E-state index in [0.717, 1.165) is 0 Å². The number of esters is 1. The molecule has 138 valence electrons. The molecular weight excluding hydrogens is 342 g/mol. The second-order valence-corrected chi connectivity index (χ2v) is 5.37. The minimum absolute atomic E-state index is 0.128. The van der Waals surface area contributed by atoms with Gasteiger partial charge in [-0.05, 0) is 31.5 Å². The molecule has 8 nitrogen and oxygen atoms in total. The lowest BCUT2D eigenvalue weighted by atomic mass is 10.1. The quantitative estimate of drug-likeness (QED) is 0.785. The Hall–Kier alpha value is -3.29. The Labute approximate surface area is 149 Å². The van der Waals surface area contributed by atoms with Crippen molar-refractivity contribution >= 4 is 17.6 Å². The molecule has 1 heterocycles. The van der Waals surface area contributed by atoms with Crippen LogP contribution in [0.4, 0.5) is 5.69 Å². The molecule has 0 bridgehead atoms. The number of anilines is 1. The van der Waals surface area contributed by atoms with E-state index in [-0.39, 0.29) is 11.3 Å². The van der Waals surface area contributed by atoms with Crippen LogP contribution in [0.25, 0.3) is 0 Å². The Morgan fingerprint density at radius 3 is 2.38 bits per heavy atom. The second kappa shape index (κ2) is 8.19. The van der Waals surface area contributed by atoms with E-state index in [4.69, 9.17) is 18.6 Å². The predicted octanol–water partition coefficient (Wildman–Crippen LogP) is 2.07. The molecule has 0 aliphatic carbocycles. The fourth-order valence-corrected chi connectivity index (χ4v) is 2.38. The van der Waals surface area contributed by atoms with Crippen molar-refractivity contribution in [2.24, 2.45) is 0 Å². The molecule has 0 aliphatic rings. The SMILES string of the molecule is COc1ccc(NC(=O)COC(=O)c2c(C)cc(=O)oc2C)cc1OC. The summed E-state index contributed by atoms with van der Waals surface area (Å²) in [4.78, 5) is 35.4. The van der Waals surface area contributed by atoms with Crippen molar-refractivity contribution in [3.8, 4) is 11.5 Å². The minimum Gasteiger partial charge on any atom is -0.493 e. The lowest BCUT2D eigenvalue weighted by molar-refractivity contribution is -0.119. The molecule has 0 atom stereocenters. The normalized spacial score (nSPS) is 10.2. The first-order valence-electron chi connectivity index (χ1n) is 7.66. The first-order chi connectivity index (χ1) is 12.3. The van der Waals surface area contributed by atoms with Crippen molar-refractivity contribution in [1.82, 2.24) is 0 Å². The molecule has 1 N–H and O–H groups in total. The number of nitrogens with one attached hydrogen (secondary N) is 1. The highest BCUT2D eigenvalue weighted by atomic mass is 16.5. The maximum Gasteiger partial charge on any atom is 0.342 e. The summed E-state index contributed by atoms with van der Waals surface area (Å²) >= 11 is 0. The number of hydrogen-bond acceptors (Lipinski definition) is 7. The fourth-order valence-electron chi connectivity index (χ4n) is 2.38. The van der Waals surface area contributed by atoms with Crippen molar-refractivity contribution < 1.29 is 28.2 Å². The summed E-state index contributed by atoms with van der Waals surface area (Å²) in [6.45, 7) is 2.57. The molecule has 0 radical (unpaired) electrons. The van der Waals surface area contributed by atoms with Crippen LogP contribution < -0.4 is 20.4 Å². The van der Waals surface area contributed by atoms with Crippen LogP contribution in [0.15, 0.2) is 33.5 Å². The molecule has 1 amide bonds. The monoisotopic (exact) mass is 361 g/mol. The van der Waals surface area contributed by atoms with Gasteiger partial charge in [0.2, 0.25) is 0 Å². The summed E-state index contributed by atoms with van der Waals surface area (Å²) in [5, 5.41) is 2.59. The summed E-state index contributed by atoms with van der Waals surface area (Å²) in [5.41, 5.74) is 0.456. The van der Waals surface area contributed by atoms with Gasteiger partial charge in [0, 0.05) is 17.8 Å². The van der Waals surface area contributed by atoms with Gasteiger partial charge < -0.3 is 23.9 Å². The van der Waals surface area contributed by atoms with Crippen LogP contribution in [-0.2, 0) is 9.53 Å². The number of benzene rings is 1. The predicted molar refractivity (Wildman–Crippen MR) is 92.9 cm³/mol. The average Bonchev–Trinajstić information content (AvgIpc) is 2.59. The minimum atomic E-state index is -0.744. The Bertz CT molecular complexity index is 859. The smallest absolute Gasteiger partial charge is 0.342 e. The summed E-state index contributed by atoms with van der Waals surface area (Å²) in [7, 11) is 2.99. The van der Waals surface area contributed by atoms with Crippen LogP contribution in [0.5, 0.6) is 11.5 Å². The van der Waals surface area contributed by atoms with Crippen molar-refractivity contribution in [2.75, 3.05) is 26.1 Å². The van der Waals surface area contributed by atoms with Gasteiger partial charge in [-0.2, -0.15) is 0 Å². The number of carbonyl (C=O) groups is 2. The molecule has 0 spiro atoms. The van der Waals surface area contributed by atoms with Gasteiger partial charge in [0.15, 0.2) is 18.1 Å².